The van der Waals surface area contributed by atoms with Crippen LogP contribution >= 0.6 is 0 Å². The van der Waals surface area contributed by atoms with Gasteiger partial charge >= 0.3 is 0 Å². The Morgan fingerprint density at radius 2 is 2.06 bits per heavy atom. The molecule has 0 heterocycles. The monoisotopic (exact) mass is 267 g/mol. The van der Waals surface area contributed by atoms with Crippen LogP contribution in [0.2, 0.25) is 0 Å². The first-order chi connectivity index (χ1) is 8.58. The quantitative estimate of drug-likeness (QED) is 0.761. The average Bonchev–Trinajstić information content (AvgIpc) is 2.37. The van der Waals surface area contributed by atoms with E-state index in [9.17, 15) is 4.21 Å². The van der Waals surface area contributed by atoms with Crippen LogP contribution in [0, 0.1) is 12.8 Å². The lowest BCUT2D eigenvalue weighted by atomic mass is 10.0. The number of anilines is 1. The van der Waals surface area contributed by atoms with E-state index < -0.39 is 10.8 Å². The fourth-order valence-corrected chi connectivity index (χ4v) is 3.55. The van der Waals surface area contributed by atoms with Crippen molar-refractivity contribution in [2.45, 2.75) is 51.3 Å². The standard InChI is InChI=1S/C15H25NOS/c1-4-6-7-13(5-2)11-18(17)14-8-9-15(16)12(3)10-14/h8-10,13H,4-7,11,16H2,1-3H3. The summed E-state index contributed by atoms with van der Waals surface area (Å²) in [5, 5.41) is 0. The number of unbranched alkanes of at least 4 members (excludes halogenated alkanes) is 1. The second kappa shape index (κ2) is 7.57. The maximum Gasteiger partial charge on any atom is 0.0532 e. The number of rotatable bonds is 7. The molecule has 1 rings (SSSR count). The van der Waals surface area contributed by atoms with Crippen molar-refractivity contribution in [2.24, 2.45) is 5.92 Å². The average molecular weight is 267 g/mol. The minimum Gasteiger partial charge on any atom is -0.399 e. The van der Waals surface area contributed by atoms with Crippen LogP contribution in [-0.4, -0.2) is 9.96 Å². The third-order valence-corrected chi connectivity index (χ3v) is 4.99. The lowest BCUT2D eigenvalue weighted by Crippen LogP contribution is -2.11. The highest BCUT2D eigenvalue weighted by Gasteiger charge is 2.12. The molecule has 1 aromatic rings. The van der Waals surface area contributed by atoms with Crippen LogP contribution in [-0.2, 0) is 10.8 Å². The van der Waals surface area contributed by atoms with Crippen LogP contribution in [0.5, 0.6) is 0 Å². The molecule has 0 fully saturated rings. The smallest absolute Gasteiger partial charge is 0.0532 e. The summed E-state index contributed by atoms with van der Waals surface area (Å²) in [4.78, 5) is 0.914. The number of hydrogen-bond donors (Lipinski definition) is 1. The van der Waals surface area contributed by atoms with E-state index in [0.29, 0.717) is 5.92 Å². The van der Waals surface area contributed by atoms with Gasteiger partial charge in [0.15, 0.2) is 0 Å². The van der Waals surface area contributed by atoms with E-state index in [2.05, 4.69) is 13.8 Å². The molecule has 0 spiro atoms. The van der Waals surface area contributed by atoms with Gasteiger partial charge in [-0.3, -0.25) is 4.21 Å². The number of aryl methyl sites for hydroxylation is 1. The van der Waals surface area contributed by atoms with Gasteiger partial charge in [0.05, 0.1) is 10.8 Å². The van der Waals surface area contributed by atoms with Crippen molar-refractivity contribution in [1.82, 2.24) is 0 Å². The summed E-state index contributed by atoms with van der Waals surface area (Å²) in [6.45, 7) is 6.35. The summed E-state index contributed by atoms with van der Waals surface area (Å²) in [6.07, 6.45) is 4.74. The topological polar surface area (TPSA) is 43.1 Å². The molecule has 3 heteroatoms. The number of benzene rings is 1. The predicted octanol–water partition coefficient (Wildman–Crippen LogP) is 3.90. The van der Waals surface area contributed by atoms with Crippen molar-refractivity contribution >= 4 is 16.5 Å². The first kappa shape index (κ1) is 15.2. The van der Waals surface area contributed by atoms with Crippen LogP contribution in [0.1, 0.15) is 45.1 Å². The molecule has 0 bridgehead atoms. The van der Waals surface area contributed by atoms with Crippen LogP contribution in [0.4, 0.5) is 5.69 Å². The van der Waals surface area contributed by atoms with Crippen molar-refractivity contribution in [3.05, 3.63) is 23.8 Å². The van der Waals surface area contributed by atoms with Gasteiger partial charge in [0.1, 0.15) is 0 Å². The molecule has 0 aliphatic rings. The van der Waals surface area contributed by atoms with E-state index in [1.807, 2.05) is 25.1 Å². The molecule has 0 amide bonds. The number of nitrogen functional groups attached to an aromatic ring is 1. The molecule has 18 heavy (non-hydrogen) atoms. The largest absolute Gasteiger partial charge is 0.399 e. The van der Waals surface area contributed by atoms with Crippen molar-refractivity contribution in [3.8, 4) is 0 Å². The molecule has 1 aromatic carbocycles. The Bertz CT molecular complexity index is 403. The fraction of sp³-hybridized carbons (Fsp3) is 0.600. The van der Waals surface area contributed by atoms with Gasteiger partial charge in [-0.25, -0.2) is 0 Å². The first-order valence-electron chi connectivity index (χ1n) is 6.83. The summed E-state index contributed by atoms with van der Waals surface area (Å²) in [7, 11) is -0.891. The summed E-state index contributed by atoms with van der Waals surface area (Å²) in [6, 6.07) is 5.71. The summed E-state index contributed by atoms with van der Waals surface area (Å²) < 4.78 is 12.3. The van der Waals surface area contributed by atoms with E-state index in [1.165, 1.54) is 19.3 Å². The Balaban J connectivity index is 2.65. The first-order valence-corrected chi connectivity index (χ1v) is 8.14. The minimum absolute atomic E-state index is 0.573. The highest BCUT2D eigenvalue weighted by atomic mass is 32.2. The highest BCUT2D eigenvalue weighted by molar-refractivity contribution is 7.85. The third kappa shape index (κ3) is 4.45. The zero-order valence-electron chi connectivity index (χ0n) is 11.7. The van der Waals surface area contributed by atoms with Gasteiger partial charge in [-0.15, -0.1) is 0 Å². The van der Waals surface area contributed by atoms with Crippen molar-refractivity contribution in [1.29, 1.82) is 0 Å². The SMILES string of the molecule is CCCCC(CC)CS(=O)c1ccc(N)c(C)c1. The molecule has 0 radical (unpaired) electrons. The van der Waals surface area contributed by atoms with Crippen molar-refractivity contribution in [3.63, 3.8) is 0 Å². The normalized spacial score (nSPS) is 14.4. The van der Waals surface area contributed by atoms with Gasteiger partial charge < -0.3 is 5.73 Å². The van der Waals surface area contributed by atoms with E-state index in [4.69, 9.17) is 5.73 Å². The molecular formula is C15H25NOS. The van der Waals surface area contributed by atoms with Gasteiger partial charge in [0.25, 0.3) is 0 Å². The zero-order chi connectivity index (χ0) is 13.5. The lowest BCUT2D eigenvalue weighted by molar-refractivity contribution is 0.494. The molecule has 102 valence electrons. The van der Waals surface area contributed by atoms with Crippen LogP contribution in [0.25, 0.3) is 0 Å². The van der Waals surface area contributed by atoms with Gasteiger partial charge in [-0.2, -0.15) is 0 Å². The van der Waals surface area contributed by atoms with Crippen LogP contribution in [0.3, 0.4) is 0 Å². The zero-order valence-corrected chi connectivity index (χ0v) is 12.6. The molecule has 0 aromatic heterocycles. The molecule has 2 unspecified atom stereocenters. The van der Waals surface area contributed by atoms with E-state index >= 15 is 0 Å². The van der Waals surface area contributed by atoms with Gasteiger partial charge in [0, 0.05) is 16.3 Å². The summed E-state index contributed by atoms with van der Waals surface area (Å²) in [5.41, 5.74) is 7.57. The highest BCUT2D eigenvalue weighted by Crippen LogP contribution is 2.20. The van der Waals surface area contributed by atoms with E-state index in [0.717, 1.165) is 28.3 Å². The second-order valence-corrected chi connectivity index (χ2v) is 6.44. The number of hydrogen-bond acceptors (Lipinski definition) is 2. The summed E-state index contributed by atoms with van der Waals surface area (Å²) >= 11 is 0. The van der Waals surface area contributed by atoms with E-state index in [-0.39, 0.29) is 0 Å². The molecule has 2 nitrogen and oxygen atoms in total. The Morgan fingerprint density at radius 3 is 2.61 bits per heavy atom. The Labute approximate surface area is 113 Å². The Morgan fingerprint density at radius 1 is 1.33 bits per heavy atom. The van der Waals surface area contributed by atoms with Crippen molar-refractivity contribution in [2.75, 3.05) is 11.5 Å². The van der Waals surface area contributed by atoms with Crippen LogP contribution in [0.15, 0.2) is 23.1 Å². The van der Waals surface area contributed by atoms with Crippen LogP contribution < -0.4 is 5.73 Å². The Kier molecular flexibility index (Phi) is 6.41. The van der Waals surface area contributed by atoms with Gasteiger partial charge in [0.2, 0.25) is 0 Å². The molecule has 2 atom stereocenters. The molecule has 0 saturated heterocycles. The lowest BCUT2D eigenvalue weighted by Gasteiger charge is -2.14. The number of nitrogens with two attached hydrogens (primary N) is 1. The molecule has 0 aliphatic heterocycles. The molecule has 0 aliphatic carbocycles. The summed E-state index contributed by atoms with van der Waals surface area (Å²) in [5.74, 6) is 1.35. The Hall–Kier alpha value is -0.830. The van der Waals surface area contributed by atoms with Gasteiger partial charge in [-0.05, 0) is 43.0 Å². The maximum absolute atomic E-state index is 12.3. The maximum atomic E-state index is 12.3. The third-order valence-electron chi connectivity index (χ3n) is 3.43. The van der Waals surface area contributed by atoms with E-state index in [1.54, 1.807) is 0 Å². The molecular weight excluding hydrogens is 242 g/mol. The second-order valence-electron chi connectivity index (χ2n) is 4.95. The molecule has 0 saturated carbocycles. The molecule has 2 N–H and O–H groups in total. The minimum atomic E-state index is -0.891. The van der Waals surface area contributed by atoms with Crippen molar-refractivity contribution < 1.29 is 4.21 Å². The fourth-order valence-electron chi connectivity index (χ4n) is 2.00. The van der Waals surface area contributed by atoms with Gasteiger partial charge in [-0.1, -0.05) is 33.1 Å². The predicted molar refractivity (Wildman–Crippen MR) is 80.2 cm³/mol.